The maximum absolute atomic E-state index is 12.7. The van der Waals surface area contributed by atoms with Crippen molar-refractivity contribution in [2.75, 3.05) is 26.2 Å². The highest BCUT2D eigenvalue weighted by Crippen LogP contribution is 2.17. The molecule has 1 aliphatic rings. The van der Waals surface area contributed by atoms with Crippen LogP contribution in [0.5, 0.6) is 0 Å². The lowest BCUT2D eigenvalue weighted by Crippen LogP contribution is -3.13. The Morgan fingerprint density at radius 3 is 2.73 bits per heavy atom. The topological polar surface area (TPSA) is 61.7 Å². The van der Waals surface area contributed by atoms with Crippen molar-refractivity contribution in [1.29, 1.82) is 5.26 Å². The molecule has 2 aromatic rings. The van der Waals surface area contributed by atoms with Crippen LogP contribution in [0.2, 0.25) is 0 Å². The third-order valence-corrected chi connectivity index (χ3v) is 4.70. The first-order valence-corrected chi connectivity index (χ1v) is 9.01. The fourth-order valence-electron chi connectivity index (χ4n) is 3.25. The van der Waals surface area contributed by atoms with Crippen LogP contribution in [0.25, 0.3) is 5.57 Å². The highest BCUT2D eigenvalue weighted by molar-refractivity contribution is 5.77. The quantitative estimate of drug-likeness (QED) is 0.830. The molecule has 2 heterocycles. The predicted octanol–water partition coefficient (Wildman–Crippen LogP) is 1.89. The van der Waals surface area contributed by atoms with Gasteiger partial charge in [-0.15, -0.1) is 0 Å². The van der Waals surface area contributed by atoms with E-state index in [4.69, 9.17) is 9.68 Å². The zero-order chi connectivity index (χ0) is 18.2. The molecule has 1 N–H and O–H groups in total. The van der Waals surface area contributed by atoms with Gasteiger partial charge in [0.1, 0.15) is 5.76 Å². The number of hydrogen-bond acceptors (Lipinski definition) is 3. The van der Waals surface area contributed by atoms with Crippen molar-refractivity contribution < 1.29 is 14.1 Å². The van der Waals surface area contributed by atoms with E-state index < -0.39 is 0 Å². The summed E-state index contributed by atoms with van der Waals surface area (Å²) >= 11 is 0. The minimum atomic E-state index is 0.0724. The molecule has 0 bridgehead atoms. The number of carbonyl (C=O) groups is 1. The Bertz CT molecular complexity index is 775. The fraction of sp³-hybridized carbons (Fsp3) is 0.333. The molecule has 26 heavy (non-hydrogen) atoms. The van der Waals surface area contributed by atoms with Crippen molar-refractivity contribution in [3.63, 3.8) is 0 Å². The second-order valence-electron chi connectivity index (χ2n) is 6.53. The third kappa shape index (κ3) is 4.84. The van der Waals surface area contributed by atoms with Gasteiger partial charge in [0.2, 0.25) is 0 Å². The molecule has 0 saturated carbocycles. The molecule has 1 unspecified atom stereocenters. The van der Waals surface area contributed by atoms with Crippen LogP contribution in [-0.2, 0) is 11.3 Å². The van der Waals surface area contributed by atoms with Crippen LogP contribution in [0, 0.1) is 11.3 Å². The Hall–Kier alpha value is -2.84. The summed E-state index contributed by atoms with van der Waals surface area (Å²) in [6, 6.07) is 16.2. The molecule has 0 saturated heterocycles. The number of amides is 1. The molecule has 5 heteroatoms. The summed E-state index contributed by atoms with van der Waals surface area (Å²) < 4.78 is 5.35. The zero-order valence-electron chi connectivity index (χ0n) is 14.9. The number of nitriles is 1. The molecule has 134 valence electrons. The molecule has 1 atom stereocenters. The van der Waals surface area contributed by atoms with E-state index in [0.717, 1.165) is 25.3 Å². The van der Waals surface area contributed by atoms with Crippen LogP contribution >= 0.6 is 0 Å². The number of rotatable bonds is 7. The average molecular weight is 350 g/mol. The number of hydrogen-bond donors (Lipinski definition) is 1. The molecule has 1 aromatic heterocycles. The Kier molecular flexibility index (Phi) is 6.24. The first kappa shape index (κ1) is 18.0. The number of carbonyl (C=O) groups excluding carboxylic acids is 1. The van der Waals surface area contributed by atoms with Crippen molar-refractivity contribution in [2.45, 2.75) is 19.4 Å². The standard InChI is InChI=1S/C21H23N3O2/c22-11-5-12-24(16-20-8-4-15-26-20)21(25)17-23-13-9-19(10-14-23)18-6-2-1-3-7-18/h1-4,6-9,15H,5,10,12-14,16-17H2/p+1. The molecule has 0 fully saturated rings. The lowest BCUT2D eigenvalue weighted by atomic mass is 9.99. The Morgan fingerprint density at radius 1 is 1.23 bits per heavy atom. The predicted molar refractivity (Wildman–Crippen MR) is 99.0 cm³/mol. The lowest BCUT2D eigenvalue weighted by molar-refractivity contribution is -0.887. The van der Waals surface area contributed by atoms with Crippen molar-refractivity contribution in [2.24, 2.45) is 0 Å². The summed E-state index contributed by atoms with van der Waals surface area (Å²) in [4.78, 5) is 15.7. The number of benzene rings is 1. The first-order valence-electron chi connectivity index (χ1n) is 9.01. The number of nitrogens with one attached hydrogen (secondary N) is 1. The molecular formula is C21H24N3O2+. The summed E-state index contributed by atoms with van der Waals surface area (Å²) in [5.74, 6) is 0.819. The van der Waals surface area contributed by atoms with Gasteiger partial charge >= 0.3 is 0 Å². The molecule has 1 aromatic carbocycles. The molecule has 0 spiro atoms. The zero-order valence-corrected chi connectivity index (χ0v) is 14.9. The van der Waals surface area contributed by atoms with E-state index in [1.54, 1.807) is 11.2 Å². The van der Waals surface area contributed by atoms with Crippen LogP contribution in [-0.4, -0.2) is 37.0 Å². The molecule has 0 aliphatic carbocycles. The van der Waals surface area contributed by atoms with Crippen molar-refractivity contribution >= 4 is 11.5 Å². The van der Waals surface area contributed by atoms with Crippen LogP contribution < -0.4 is 4.90 Å². The molecule has 0 radical (unpaired) electrons. The van der Waals surface area contributed by atoms with E-state index in [9.17, 15) is 4.79 Å². The monoisotopic (exact) mass is 350 g/mol. The van der Waals surface area contributed by atoms with Gasteiger partial charge < -0.3 is 14.2 Å². The second-order valence-corrected chi connectivity index (χ2v) is 6.53. The van der Waals surface area contributed by atoms with Gasteiger partial charge in [-0.25, -0.2) is 0 Å². The van der Waals surface area contributed by atoms with Gasteiger partial charge in [-0.05, 0) is 29.3 Å². The molecular weight excluding hydrogens is 326 g/mol. The van der Waals surface area contributed by atoms with Crippen molar-refractivity contribution in [3.8, 4) is 6.07 Å². The number of nitrogens with zero attached hydrogens (tertiary/aromatic N) is 2. The van der Waals surface area contributed by atoms with Gasteiger partial charge in [-0.3, -0.25) is 4.79 Å². The van der Waals surface area contributed by atoms with Crippen LogP contribution in [0.3, 0.4) is 0 Å². The minimum Gasteiger partial charge on any atom is -0.467 e. The van der Waals surface area contributed by atoms with Gasteiger partial charge in [-0.2, -0.15) is 5.26 Å². The van der Waals surface area contributed by atoms with Gasteiger partial charge in [-0.1, -0.05) is 30.3 Å². The summed E-state index contributed by atoms with van der Waals surface area (Å²) in [6.07, 6.45) is 5.16. The summed E-state index contributed by atoms with van der Waals surface area (Å²) in [7, 11) is 0. The summed E-state index contributed by atoms with van der Waals surface area (Å²) in [5.41, 5.74) is 2.63. The highest BCUT2D eigenvalue weighted by Gasteiger charge is 2.23. The molecule has 3 rings (SSSR count). The summed E-state index contributed by atoms with van der Waals surface area (Å²) in [6.45, 7) is 3.10. The number of quaternary nitrogens is 1. The van der Waals surface area contributed by atoms with Gasteiger partial charge in [0.25, 0.3) is 5.91 Å². The van der Waals surface area contributed by atoms with Crippen molar-refractivity contribution in [3.05, 3.63) is 66.1 Å². The second kappa shape index (κ2) is 9.02. The average Bonchev–Trinajstić information content (AvgIpc) is 3.19. The Balaban J connectivity index is 1.57. The Labute approximate surface area is 154 Å². The SMILES string of the molecule is N#CCCN(Cc1ccco1)C(=O)C[NH+]1CC=C(c2ccccc2)CC1. The van der Waals surface area contributed by atoms with E-state index in [2.05, 4.69) is 36.4 Å². The smallest absolute Gasteiger partial charge is 0.278 e. The summed E-state index contributed by atoms with van der Waals surface area (Å²) in [5, 5.41) is 8.86. The largest absolute Gasteiger partial charge is 0.467 e. The van der Waals surface area contributed by atoms with E-state index in [-0.39, 0.29) is 5.91 Å². The fourth-order valence-corrected chi connectivity index (χ4v) is 3.25. The highest BCUT2D eigenvalue weighted by atomic mass is 16.3. The maximum Gasteiger partial charge on any atom is 0.278 e. The first-order chi connectivity index (χ1) is 12.8. The molecule has 1 amide bonds. The van der Waals surface area contributed by atoms with E-state index in [1.165, 1.54) is 16.0 Å². The lowest BCUT2D eigenvalue weighted by Gasteiger charge is -2.26. The van der Waals surface area contributed by atoms with Gasteiger partial charge in [0.05, 0.1) is 38.4 Å². The van der Waals surface area contributed by atoms with Crippen LogP contribution in [0.1, 0.15) is 24.2 Å². The molecule has 1 aliphatic heterocycles. The maximum atomic E-state index is 12.7. The number of furan rings is 1. The molecule has 5 nitrogen and oxygen atoms in total. The van der Waals surface area contributed by atoms with Gasteiger partial charge in [0.15, 0.2) is 6.54 Å². The van der Waals surface area contributed by atoms with E-state index in [1.807, 2.05) is 18.2 Å². The Morgan fingerprint density at radius 2 is 2.08 bits per heavy atom. The van der Waals surface area contributed by atoms with E-state index >= 15 is 0 Å². The van der Waals surface area contributed by atoms with Crippen LogP contribution in [0.15, 0.2) is 59.2 Å². The normalized spacial score (nSPS) is 16.6. The third-order valence-electron chi connectivity index (χ3n) is 4.70. The van der Waals surface area contributed by atoms with Crippen molar-refractivity contribution in [1.82, 2.24) is 4.90 Å². The van der Waals surface area contributed by atoms with E-state index in [0.29, 0.717) is 26.1 Å². The van der Waals surface area contributed by atoms with Gasteiger partial charge in [0, 0.05) is 13.0 Å². The van der Waals surface area contributed by atoms with Crippen LogP contribution in [0.4, 0.5) is 0 Å². The minimum absolute atomic E-state index is 0.0724.